The molecule has 0 radical (unpaired) electrons. The van der Waals surface area contributed by atoms with Crippen molar-refractivity contribution in [3.8, 4) is 0 Å². The molecule has 2 amide bonds. The van der Waals surface area contributed by atoms with Crippen molar-refractivity contribution >= 4 is 35.1 Å². The fourth-order valence-electron chi connectivity index (χ4n) is 6.22. The lowest BCUT2D eigenvalue weighted by Crippen LogP contribution is -2.59. The highest BCUT2D eigenvalue weighted by Crippen LogP contribution is 2.59. The molecule has 3 heterocycles. The second-order valence-electron chi connectivity index (χ2n) is 9.44. The highest BCUT2D eigenvalue weighted by Gasteiger charge is 2.75. The minimum absolute atomic E-state index is 0.170. The molecule has 35 heavy (non-hydrogen) atoms. The van der Waals surface area contributed by atoms with Gasteiger partial charge in [-0.15, -0.1) is 6.58 Å². The van der Waals surface area contributed by atoms with Crippen LogP contribution in [0.15, 0.2) is 30.9 Å². The summed E-state index contributed by atoms with van der Waals surface area (Å²) in [7, 11) is 0. The van der Waals surface area contributed by atoms with Crippen molar-refractivity contribution in [1.29, 1.82) is 0 Å². The SMILES string of the molecule is C=CCN(C(=O)[C@H]1N([C@@H](CC)CO)C(=O)[C@@H]2[C@@H](C(=O)OCC)[C@H]3CC[C@]21O3)c1c(C)cccc1Cl. The molecule has 0 saturated carbocycles. The third-order valence-corrected chi connectivity index (χ3v) is 7.95. The number of aliphatic hydroxyl groups excluding tert-OH is 1. The van der Waals surface area contributed by atoms with E-state index < -0.39 is 41.6 Å². The minimum atomic E-state index is -1.17. The first-order chi connectivity index (χ1) is 16.8. The van der Waals surface area contributed by atoms with Gasteiger partial charge in [-0.05, 0) is 44.7 Å². The van der Waals surface area contributed by atoms with Crippen molar-refractivity contribution in [2.75, 3.05) is 24.7 Å². The molecule has 190 valence electrons. The summed E-state index contributed by atoms with van der Waals surface area (Å²) >= 11 is 6.54. The summed E-state index contributed by atoms with van der Waals surface area (Å²) in [6, 6.07) is 3.77. The van der Waals surface area contributed by atoms with E-state index in [0.29, 0.717) is 30.0 Å². The summed E-state index contributed by atoms with van der Waals surface area (Å²) in [5.74, 6) is -2.81. The summed E-state index contributed by atoms with van der Waals surface area (Å²) < 4.78 is 11.7. The molecule has 3 aliphatic rings. The van der Waals surface area contributed by atoms with Crippen molar-refractivity contribution in [3.63, 3.8) is 0 Å². The van der Waals surface area contributed by atoms with Gasteiger partial charge in [-0.3, -0.25) is 14.4 Å². The lowest BCUT2D eigenvalue weighted by atomic mass is 9.70. The number of likely N-dealkylation sites (tertiary alicyclic amines) is 1. The molecule has 4 rings (SSSR count). The van der Waals surface area contributed by atoms with Crippen LogP contribution in [0.2, 0.25) is 5.02 Å². The number of amides is 2. The van der Waals surface area contributed by atoms with Crippen LogP contribution in [0.1, 0.15) is 38.7 Å². The Morgan fingerprint density at radius 3 is 2.77 bits per heavy atom. The number of fused-ring (bicyclic) bond motifs is 1. The van der Waals surface area contributed by atoms with Crippen LogP contribution in [0.4, 0.5) is 5.69 Å². The summed E-state index contributed by atoms with van der Waals surface area (Å²) in [6.07, 6.45) is 2.57. The minimum Gasteiger partial charge on any atom is -0.466 e. The molecule has 1 aromatic carbocycles. The molecule has 8 nitrogen and oxygen atoms in total. The van der Waals surface area contributed by atoms with Gasteiger partial charge in [-0.25, -0.2) is 0 Å². The van der Waals surface area contributed by atoms with Crippen molar-refractivity contribution in [2.45, 2.75) is 63.8 Å². The average Bonchev–Trinajstić information content (AvgIpc) is 3.47. The number of halogens is 1. The lowest BCUT2D eigenvalue weighted by Gasteiger charge is -2.39. The Morgan fingerprint density at radius 1 is 1.43 bits per heavy atom. The maximum Gasteiger partial charge on any atom is 0.312 e. The van der Waals surface area contributed by atoms with E-state index in [1.54, 1.807) is 19.1 Å². The maximum atomic E-state index is 14.4. The van der Waals surface area contributed by atoms with E-state index >= 15 is 0 Å². The number of hydrogen-bond donors (Lipinski definition) is 1. The van der Waals surface area contributed by atoms with Crippen molar-refractivity contribution in [1.82, 2.24) is 4.90 Å². The topological polar surface area (TPSA) is 96.4 Å². The Kier molecular flexibility index (Phi) is 7.27. The molecular weight excluding hydrogens is 472 g/mol. The van der Waals surface area contributed by atoms with Gasteiger partial charge in [0.15, 0.2) is 0 Å². The van der Waals surface area contributed by atoms with E-state index in [9.17, 15) is 19.5 Å². The second kappa shape index (κ2) is 9.91. The number of para-hydroxylation sites is 1. The smallest absolute Gasteiger partial charge is 0.312 e. The number of rotatable bonds is 9. The Hall–Kier alpha value is -2.42. The molecular formula is C26H33ClN2O6. The van der Waals surface area contributed by atoms with Gasteiger partial charge in [-0.2, -0.15) is 0 Å². The third kappa shape index (κ3) is 3.86. The van der Waals surface area contributed by atoms with Crippen LogP contribution in [-0.4, -0.2) is 71.3 Å². The summed E-state index contributed by atoms with van der Waals surface area (Å²) in [4.78, 5) is 44.2. The Labute approximate surface area is 210 Å². The summed E-state index contributed by atoms with van der Waals surface area (Å²) in [6.45, 7) is 9.29. The number of esters is 1. The van der Waals surface area contributed by atoms with E-state index in [2.05, 4.69) is 6.58 Å². The van der Waals surface area contributed by atoms with Crippen LogP contribution in [0.5, 0.6) is 0 Å². The molecule has 3 aliphatic heterocycles. The standard InChI is InChI=1S/C26H33ClN2O6/c1-5-13-28(21-15(4)9-8-10-17(21)27)24(32)22-26-12-11-18(35-26)19(25(33)34-7-3)20(26)23(31)29(22)16(6-2)14-30/h5,8-10,16,18-20,22,30H,1,6-7,11-14H2,2-4H3/t16-,18+,19-,20-,22+,26-/m0/s1. The molecule has 0 unspecified atom stereocenters. The number of aryl methyl sites for hydroxylation is 1. The van der Waals surface area contributed by atoms with E-state index in [0.717, 1.165) is 5.56 Å². The lowest BCUT2D eigenvalue weighted by molar-refractivity contribution is -0.155. The molecule has 2 bridgehead atoms. The predicted molar refractivity (Wildman–Crippen MR) is 131 cm³/mol. The van der Waals surface area contributed by atoms with Gasteiger partial charge in [-0.1, -0.05) is 36.7 Å². The largest absolute Gasteiger partial charge is 0.466 e. The number of nitrogens with zero attached hydrogens (tertiary/aromatic N) is 2. The number of carbonyl (C=O) groups excluding carboxylic acids is 3. The van der Waals surface area contributed by atoms with Gasteiger partial charge < -0.3 is 24.4 Å². The van der Waals surface area contributed by atoms with Gasteiger partial charge in [0.25, 0.3) is 5.91 Å². The van der Waals surface area contributed by atoms with Crippen molar-refractivity contribution in [3.05, 3.63) is 41.4 Å². The first-order valence-electron chi connectivity index (χ1n) is 12.2. The molecule has 1 N–H and O–H groups in total. The zero-order valence-corrected chi connectivity index (χ0v) is 21.2. The quantitative estimate of drug-likeness (QED) is 0.410. The average molecular weight is 505 g/mol. The monoisotopic (exact) mass is 504 g/mol. The van der Waals surface area contributed by atoms with Crippen LogP contribution in [0, 0.1) is 18.8 Å². The van der Waals surface area contributed by atoms with Crippen LogP contribution in [0.25, 0.3) is 0 Å². The zero-order chi connectivity index (χ0) is 25.5. The molecule has 6 atom stereocenters. The van der Waals surface area contributed by atoms with Crippen LogP contribution < -0.4 is 4.90 Å². The number of benzene rings is 1. The molecule has 1 aromatic rings. The van der Waals surface area contributed by atoms with Gasteiger partial charge in [0.2, 0.25) is 5.91 Å². The van der Waals surface area contributed by atoms with E-state index in [1.165, 1.54) is 9.80 Å². The van der Waals surface area contributed by atoms with Crippen LogP contribution >= 0.6 is 11.6 Å². The molecule has 0 aliphatic carbocycles. The number of aliphatic hydroxyl groups is 1. The van der Waals surface area contributed by atoms with Gasteiger partial charge >= 0.3 is 5.97 Å². The van der Waals surface area contributed by atoms with Gasteiger partial charge in [0, 0.05) is 6.54 Å². The van der Waals surface area contributed by atoms with Crippen LogP contribution in [-0.2, 0) is 23.9 Å². The van der Waals surface area contributed by atoms with Gasteiger partial charge in [0.05, 0.1) is 47.9 Å². The Bertz CT molecular complexity index is 1010. The van der Waals surface area contributed by atoms with Crippen LogP contribution in [0.3, 0.4) is 0 Å². The number of hydrogen-bond acceptors (Lipinski definition) is 6. The zero-order valence-electron chi connectivity index (χ0n) is 20.4. The second-order valence-corrected chi connectivity index (χ2v) is 9.85. The highest BCUT2D eigenvalue weighted by molar-refractivity contribution is 6.34. The van der Waals surface area contributed by atoms with Crippen molar-refractivity contribution < 1.29 is 29.0 Å². The third-order valence-electron chi connectivity index (χ3n) is 7.64. The van der Waals surface area contributed by atoms with E-state index in [1.807, 2.05) is 26.0 Å². The Balaban J connectivity index is 1.84. The first kappa shape index (κ1) is 25.7. The fourth-order valence-corrected chi connectivity index (χ4v) is 6.54. The number of anilines is 1. The molecule has 1 spiro atoms. The highest BCUT2D eigenvalue weighted by atomic mass is 35.5. The maximum absolute atomic E-state index is 14.4. The number of carbonyl (C=O) groups is 3. The molecule has 3 saturated heterocycles. The predicted octanol–water partition coefficient (Wildman–Crippen LogP) is 2.88. The molecule has 9 heteroatoms. The number of ether oxygens (including phenoxy) is 2. The normalized spacial score (nSPS) is 29.7. The molecule has 0 aromatic heterocycles. The summed E-state index contributed by atoms with van der Waals surface area (Å²) in [5.41, 5.74) is 0.165. The fraction of sp³-hybridized carbons (Fsp3) is 0.577. The summed E-state index contributed by atoms with van der Waals surface area (Å²) in [5, 5.41) is 10.6. The van der Waals surface area contributed by atoms with Crippen molar-refractivity contribution in [2.24, 2.45) is 11.8 Å². The van der Waals surface area contributed by atoms with E-state index in [-0.39, 0.29) is 31.6 Å². The first-order valence-corrected chi connectivity index (χ1v) is 12.6. The van der Waals surface area contributed by atoms with E-state index in [4.69, 9.17) is 21.1 Å². The van der Waals surface area contributed by atoms with Gasteiger partial charge in [0.1, 0.15) is 11.6 Å². The molecule has 3 fully saturated rings. The Morgan fingerprint density at radius 2 is 2.17 bits per heavy atom.